The summed E-state index contributed by atoms with van der Waals surface area (Å²) < 4.78 is 4.89. The number of hydrogen-bond acceptors (Lipinski definition) is 2. The molecule has 1 heterocycles. The summed E-state index contributed by atoms with van der Waals surface area (Å²) in [6.07, 6.45) is 1.39. The maximum atomic E-state index is 11.9. The van der Waals surface area contributed by atoms with Gasteiger partial charge in [0.15, 0.2) is 0 Å². The van der Waals surface area contributed by atoms with Crippen LogP contribution in [0.2, 0.25) is 5.22 Å². The van der Waals surface area contributed by atoms with E-state index < -0.39 is 0 Å². The fourth-order valence-corrected chi connectivity index (χ4v) is 1.83. The molecule has 0 saturated heterocycles. The lowest BCUT2D eigenvalue weighted by atomic mass is 10.0. The number of halogens is 1. The minimum Gasteiger partial charge on any atom is -0.452 e. The first kappa shape index (κ1) is 12.7. The lowest BCUT2D eigenvalue weighted by Gasteiger charge is -2.09. The van der Waals surface area contributed by atoms with Crippen molar-refractivity contribution < 1.29 is 9.21 Å². The quantitative estimate of drug-likeness (QED) is 0.897. The molecule has 0 atom stereocenters. The van der Waals surface area contributed by atoms with E-state index in [0.717, 1.165) is 5.69 Å². The van der Waals surface area contributed by atoms with Gasteiger partial charge in [0.25, 0.3) is 5.91 Å². The molecule has 4 heteroatoms. The molecule has 1 N–H and O–H groups in total. The van der Waals surface area contributed by atoms with E-state index in [-0.39, 0.29) is 11.1 Å². The van der Waals surface area contributed by atoms with Crippen LogP contribution in [0.3, 0.4) is 0 Å². The van der Waals surface area contributed by atoms with Crippen LogP contribution >= 0.6 is 11.6 Å². The maximum absolute atomic E-state index is 11.9. The van der Waals surface area contributed by atoms with Crippen LogP contribution in [0.15, 0.2) is 41.0 Å². The van der Waals surface area contributed by atoms with Crippen molar-refractivity contribution in [1.29, 1.82) is 0 Å². The zero-order chi connectivity index (χ0) is 13.1. The number of carbonyl (C=O) groups is 1. The van der Waals surface area contributed by atoms with Crippen molar-refractivity contribution in [2.24, 2.45) is 0 Å². The molecule has 18 heavy (non-hydrogen) atoms. The molecular weight excluding hydrogens is 250 g/mol. The molecular formula is C14H14ClNO2. The van der Waals surface area contributed by atoms with E-state index in [1.54, 1.807) is 6.07 Å². The van der Waals surface area contributed by atoms with Crippen molar-refractivity contribution in [1.82, 2.24) is 0 Å². The van der Waals surface area contributed by atoms with Crippen LogP contribution in [0.4, 0.5) is 5.69 Å². The van der Waals surface area contributed by atoms with E-state index in [1.807, 2.05) is 24.3 Å². The largest absolute Gasteiger partial charge is 0.452 e. The van der Waals surface area contributed by atoms with Gasteiger partial charge in [-0.1, -0.05) is 26.0 Å². The molecule has 94 valence electrons. The van der Waals surface area contributed by atoms with Crippen LogP contribution in [0.25, 0.3) is 0 Å². The van der Waals surface area contributed by atoms with Gasteiger partial charge in [-0.2, -0.15) is 0 Å². The van der Waals surface area contributed by atoms with Gasteiger partial charge in [0.05, 0.1) is 11.8 Å². The van der Waals surface area contributed by atoms with E-state index in [0.29, 0.717) is 11.5 Å². The van der Waals surface area contributed by atoms with Crippen LogP contribution < -0.4 is 5.32 Å². The molecule has 1 aromatic heterocycles. The smallest absolute Gasteiger partial charge is 0.260 e. The van der Waals surface area contributed by atoms with Crippen molar-refractivity contribution in [3.63, 3.8) is 0 Å². The second kappa shape index (κ2) is 5.27. The molecule has 1 amide bonds. The molecule has 1 aromatic carbocycles. The Morgan fingerprint density at radius 1 is 1.33 bits per heavy atom. The van der Waals surface area contributed by atoms with Gasteiger partial charge in [0.1, 0.15) is 0 Å². The Balaban J connectivity index is 2.17. The van der Waals surface area contributed by atoms with Crippen molar-refractivity contribution >= 4 is 23.2 Å². The summed E-state index contributed by atoms with van der Waals surface area (Å²) in [5.41, 5.74) is 2.26. The molecule has 0 unspecified atom stereocenters. The number of nitrogens with one attached hydrogen (secondary N) is 1. The number of benzene rings is 1. The standard InChI is InChI=1S/C14H14ClNO2/c1-9(2)10-4-3-5-11(8-10)16-14(17)12-6-7-18-13(12)15/h3-9H,1-2H3,(H,16,17). The average molecular weight is 264 g/mol. The Morgan fingerprint density at radius 2 is 2.11 bits per heavy atom. The molecule has 0 aliphatic rings. The first-order valence-corrected chi connectivity index (χ1v) is 6.10. The lowest BCUT2D eigenvalue weighted by molar-refractivity contribution is 0.102. The molecule has 0 bridgehead atoms. The van der Waals surface area contributed by atoms with Gasteiger partial charge in [-0.3, -0.25) is 4.79 Å². The number of anilines is 1. The van der Waals surface area contributed by atoms with Crippen LogP contribution in [0.5, 0.6) is 0 Å². The highest BCUT2D eigenvalue weighted by molar-refractivity contribution is 6.32. The van der Waals surface area contributed by atoms with Crippen LogP contribution in [-0.2, 0) is 0 Å². The minimum atomic E-state index is -0.269. The van der Waals surface area contributed by atoms with E-state index in [4.69, 9.17) is 16.0 Å². The van der Waals surface area contributed by atoms with Gasteiger partial charge in [0, 0.05) is 5.69 Å². The molecule has 0 saturated carbocycles. The fraction of sp³-hybridized carbons (Fsp3) is 0.214. The summed E-state index contributed by atoms with van der Waals surface area (Å²) in [6, 6.07) is 9.30. The summed E-state index contributed by atoms with van der Waals surface area (Å²) in [6.45, 7) is 4.21. The van der Waals surface area contributed by atoms with Crippen LogP contribution in [0, 0.1) is 0 Å². The van der Waals surface area contributed by atoms with Crippen LogP contribution in [-0.4, -0.2) is 5.91 Å². The first-order chi connectivity index (χ1) is 8.58. The topological polar surface area (TPSA) is 42.2 Å². The molecule has 0 aliphatic carbocycles. The molecule has 0 spiro atoms. The van der Waals surface area contributed by atoms with Crippen molar-refractivity contribution in [3.05, 3.63) is 52.9 Å². The number of furan rings is 1. The fourth-order valence-electron chi connectivity index (χ4n) is 1.63. The second-order valence-electron chi connectivity index (χ2n) is 4.34. The van der Waals surface area contributed by atoms with Gasteiger partial charge >= 0.3 is 0 Å². The summed E-state index contributed by atoms with van der Waals surface area (Å²) in [5, 5.41) is 2.90. The number of hydrogen-bond donors (Lipinski definition) is 1. The molecule has 0 radical (unpaired) electrons. The Hall–Kier alpha value is -1.74. The first-order valence-electron chi connectivity index (χ1n) is 5.72. The van der Waals surface area contributed by atoms with Gasteiger partial charge in [-0.05, 0) is 41.3 Å². The third kappa shape index (κ3) is 2.74. The minimum absolute atomic E-state index is 0.104. The van der Waals surface area contributed by atoms with Crippen molar-refractivity contribution in [2.45, 2.75) is 19.8 Å². The van der Waals surface area contributed by atoms with E-state index in [9.17, 15) is 4.79 Å². The zero-order valence-electron chi connectivity index (χ0n) is 10.2. The maximum Gasteiger partial charge on any atom is 0.260 e. The normalized spacial score (nSPS) is 10.7. The third-order valence-corrected chi connectivity index (χ3v) is 2.97. The average Bonchev–Trinajstić information content (AvgIpc) is 2.76. The highest BCUT2D eigenvalue weighted by Crippen LogP contribution is 2.21. The van der Waals surface area contributed by atoms with E-state index in [1.165, 1.54) is 11.8 Å². The van der Waals surface area contributed by atoms with Crippen LogP contribution in [0.1, 0.15) is 35.7 Å². The Kier molecular flexibility index (Phi) is 3.72. The SMILES string of the molecule is CC(C)c1cccc(NC(=O)c2ccoc2Cl)c1. The Labute approximate surface area is 111 Å². The summed E-state index contributed by atoms with van der Waals surface area (Å²) in [5.74, 6) is 0.147. The summed E-state index contributed by atoms with van der Waals surface area (Å²) in [4.78, 5) is 11.9. The monoisotopic (exact) mass is 263 g/mol. The highest BCUT2D eigenvalue weighted by Gasteiger charge is 2.13. The van der Waals surface area contributed by atoms with Crippen molar-refractivity contribution in [3.8, 4) is 0 Å². The van der Waals surface area contributed by atoms with E-state index >= 15 is 0 Å². The summed E-state index contributed by atoms with van der Waals surface area (Å²) >= 11 is 5.76. The van der Waals surface area contributed by atoms with Gasteiger partial charge in [0.2, 0.25) is 5.22 Å². The highest BCUT2D eigenvalue weighted by atomic mass is 35.5. The predicted octanol–water partition coefficient (Wildman–Crippen LogP) is 4.31. The summed E-state index contributed by atoms with van der Waals surface area (Å²) in [7, 11) is 0. The third-order valence-electron chi connectivity index (χ3n) is 2.67. The second-order valence-corrected chi connectivity index (χ2v) is 4.69. The predicted molar refractivity (Wildman–Crippen MR) is 72.2 cm³/mol. The van der Waals surface area contributed by atoms with Crippen molar-refractivity contribution in [2.75, 3.05) is 5.32 Å². The molecule has 2 aromatic rings. The molecule has 3 nitrogen and oxygen atoms in total. The van der Waals surface area contributed by atoms with Gasteiger partial charge in [-0.15, -0.1) is 0 Å². The zero-order valence-corrected chi connectivity index (χ0v) is 11.0. The lowest BCUT2D eigenvalue weighted by Crippen LogP contribution is -2.11. The number of amides is 1. The number of carbonyl (C=O) groups excluding carboxylic acids is 1. The number of rotatable bonds is 3. The van der Waals surface area contributed by atoms with Gasteiger partial charge < -0.3 is 9.73 Å². The Morgan fingerprint density at radius 3 is 2.72 bits per heavy atom. The van der Waals surface area contributed by atoms with E-state index in [2.05, 4.69) is 19.2 Å². The Bertz CT molecular complexity index is 560. The molecule has 0 aliphatic heterocycles. The molecule has 2 rings (SSSR count). The van der Waals surface area contributed by atoms with Gasteiger partial charge in [-0.25, -0.2) is 0 Å². The molecule has 0 fully saturated rings.